The minimum atomic E-state index is -0.489. The number of rotatable bonds is 5. The number of ether oxygens (including phenoxy) is 1. The highest BCUT2D eigenvalue weighted by Crippen LogP contribution is 2.21. The fraction of sp³-hybridized carbons (Fsp3) is 0.417. The zero-order valence-corrected chi connectivity index (χ0v) is 10.9. The average molecular weight is 289 g/mol. The van der Waals surface area contributed by atoms with E-state index in [1.165, 1.54) is 6.07 Å². The van der Waals surface area contributed by atoms with Crippen molar-refractivity contribution >= 4 is 21.7 Å². The maximum atomic E-state index is 13.6. The summed E-state index contributed by atoms with van der Waals surface area (Å²) in [5.41, 5.74) is 0.137. The molecule has 1 aromatic carbocycles. The van der Waals surface area contributed by atoms with E-state index >= 15 is 0 Å². The topological polar surface area (TPSA) is 26.3 Å². The zero-order chi connectivity index (χ0) is 12.1. The molecule has 0 saturated heterocycles. The quantitative estimate of drug-likeness (QED) is 0.776. The summed E-state index contributed by atoms with van der Waals surface area (Å²) in [6, 6.07) is 4.74. The molecule has 0 saturated carbocycles. The fourth-order valence-electron chi connectivity index (χ4n) is 1.39. The van der Waals surface area contributed by atoms with Gasteiger partial charge in [0.15, 0.2) is 5.78 Å². The zero-order valence-electron chi connectivity index (χ0n) is 9.30. The van der Waals surface area contributed by atoms with E-state index in [9.17, 15) is 9.18 Å². The van der Waals surface area contributed by atoms with Crippen LogP contribution in [0.2, 0.25) is 0 Å². The molecule has 1 atom stereocenters. The highest BCUT2D eigenvalue weighted by Gasteiger charge is 2.19. The number of ketones is 1. The molecule has 1 aromatic rings. The SMILES string of the molecule is COCCC(C)C(=O)c1cccc(Br)c1F. The highest BCUT2D eigenvalue weighted by atomic mass is 79.9. The Morgan fingerprint density at radius 3 is 2.88 bits per heavy atom. The number of hydrogen-bond donors (Lipinski definition) is 0. The lowest BCUT2D eigenvalue weighted by molar-refractivity contribution is 0.0889. The molecule has 1 unspecified atom stereocenters. The van der Waals surface area contributed by atoms with E-state index in [-0.39, 0.29) is 17.3 Å². The van der Waals surface area contributed by atoms with Crippen LogP contribution in [0.25, 0.3) is 0 Å². The second kappa shape index (κ2) is 6.11. The third kappa shape index (κ3) is 3.12. The van der Waals surface area contributed by atoms with Crippen molar-refractivity contribution in [1.82, 2.24) is 0 Å². The lowest BCUT2D eigenvalue weighted by Crippen LogP contribution is -2.15. The van der Waals surface area contributed by atoms with Gasteiger partial charge >= 0.3 is 0 Å². The van der Waals surface area contributed by atoms with Crippen LogP contribution in [0.4, 0.5) is 4.39 Å². The van der Waals surface area contributed by atoms with Gasteiger partial charge in [0.25, 0.3) is 0 Å². The minimum absolute atomic E-state index is 0.137. The summed E-state index contributed by atoms with van der Waals surface area (Å²) in [5, 5.41) is 0. The molecule has 2 nitrogen and oxygen atoms in total. The molecule has 0 fully saturated rings. The fourth-order valence-corrected chi connectivity index (χ4v) is 1.75. The highest BCUT2D eigenvalue weighted by molar-refractivity contribution is 9.10. The smallest absolute Gasteiger partial charge is 0.168 e. The number of Topliss-reactive ketones (excluding diaryl/α,β-unsaturated/α-hetero) is 1. The largest absolute Gasteiger partial charge is 0.385 e. The normalized spacial score (nSPS) is 12.5. The lowest BCUT2D eigenvalue weighted by Gasteiger charge is -2.10. The Kier molecular flexibility index (Phi) is 5.09. The van der Waals surface area contributed by atoms with Crippen molar-refractivity contribution in [2.75, 3.05) is 13.7 Å². The van der Waals surface area contributed by atoms with Crippen molar-refractivity contribution in [1.29, 1.82) is 0 Å². The molecule has 0 bridgehead atoms. The summed E-state index contributed by atoms with van der Waals surface area (Å²) >= 11 is 3.06. The van der Waals surface area contributed by atoms with Crippen LogP contribution in [0.5, 0.6) is 0 Å². The van der Waals surface area contributed by atoms with Gasteiger partial charge in [-0.05, 0) is 34.5 Å². The monoisotopic (exact) mass is 288 g/mol. The third-order valence-corrected chi connectivity index (χ3v) is 3.03. The molecule has 0 amide bonds. The molecule has 0 aliphatic rings. The average Bonchev–Trinajstić information content (AvgIpc) is 2.28. The van der Waals surface area contributed by atoms with E-state index in [2.05, 4.69) is 15.9 Å². The molecule has 0 spiro atoms. The van der Waals surface area contributed by atoms with Gasteiger partial charge in [0.05, 0.1) is 10.0 Å². The lowest BCUT2D eigenvalue weighted by atomic mass is 9.96. The van der Waals surface area contributed by atoms with Crippen LogP contribution in [0.1, 0.15) is 23.7 Å². The summed E-state index contributed by atoms with van der Waals surface area (Å²) in [7, 11) is 1.58. The van der Waals surface area contributed by atoms with Crippen molar-refractivity contribution < 1.29 is 13.9 Å². The van der Waals surface area contributed by atoms with E-state index in [1.54, 1.807) is 26.2 Å². The Bertz CT molecular complexity index is 379. The molecular formula is C12H14BrFO2. The van der Waals surface area contributed by atoms with Gasteiger partial charge in [-0.15, -0.1) is 0 Å². The molecule has 88 valence electrons. The molecular weight excluding hydrogens is 275 g/mol. The van der Waals surface area contributed by atoms with E-state index < -0.39 is 5.82 Å². The Morgan fingerprint density at radius 2 is 2.25 bits per heavy atom. The van der Waals surface area contributed by atoms with Gasteiger partial charge in [0, 0.05) is 19.6 Å². The van der Waals surface area contributed by atoms with Gasteiger partial charge in [-0.2, -0.15) is 0 Å². The number of hydrogen-bond acceptors (Lipinski definition) is 2. The van der Waals surface area contributed by atoms with E-state index in [1.807, 2.05) is 0 Å². The number of carbonyl (C=O) groups excluding carboxylic acids is 1. The number of carbonyl (C=O) groups is 1. The first-order chi connectivity index (χ1) is 7.57. The van der Waals surface area contributed by atoms with Crippen LogP contribution in [-0.2, 0) is 4.74 Å². The Balaban J connectivity index is 2.84. The standard InChI is InChI=1S/C12H14BrFO2/c1-8(6-7-16-2)12(15)9-4-3-5-10(13)11(9)14/h3-5,8H,6-7H2,1-2H3. The Labute approximate surface area is 103 Å². The second-order valence-electron chi connectivity index (χ2n) is 3.65. The van der Waals surface area contributed by atoms with E-state index in [0.29, 0.717) is 17.5 Å². The summed E-state index contributed by atoms with van der Waals surface area (Å²) < 4.78 is 18.8. The van der Waals surface area contributed by atoms with Crippen molar-refractivity contribution in [2.45, 2.75) is 13.3 Å². The van der Waals surface area contributed by atoms with E-state index in [4.69, 9.17) is 4.74 Å². The third-order valence-electron chi connectivity index (χ3n) is 2.42. The van der Waals surface area contributed by atoms with Crippen LogP contribution < -0.4 is 0 Å². The molecule has 0 aliphatic carbocycles. The maximum absolute atomic E-state index is 13.6. The summed E-state index contributed by atoms with van der Waals surface area (Å²) in [5.74, 6) is -0.906. The van der Waals surface area contributed by atoms with Gasteiger partial charge in [-0.3, -0.25) is 4.79 Å². The first-order valence-corrected chi connectivity index (χ1v) is 5.84. The molecule has 0 N–H and O–H groups in total. The Hall–Kier alpha value is -0.740. The van der Waals surface area contributed by atoms with Gasteiger partial charge in [0.1, 0.15) is 5.82 Å². The summed E-state index contributed by atoms with van der Waals surface area (Å²) in [6.07, 6.45) is 0.598. The van der Waals surface area contributed by atoms with Crippen LogP contribution in [0.15, 0.2) is 22.7 Å². The van der Waals surface area contributed by atoms with Crippen LogP contribution in [-0.4, -0.2) is 19.5 Å². The van der Waals surface area contributed by atoms with Crippen molar-refractivity contribution in [3.05, 3.63) is 34.1 Å². The van der Waals surface area contributed by atoms with Crippen LogP contribution in [0.3, 0.4) is 0 Å². The number of methoxy groups -OCH3 is 1. The number of halogens is 2. The molecule has 0 heterocycles. The number of benzene rings is 1. The second-order valence-corrected chi connectivity index (χ2v) is 4.50. The molecule has 0 radical (unpaired) electrons. The maximum Gasteiger partial charge on any atom is 0.168 e. The van der Waals surface area contributed by atoms with E-state index in [0.717, 1.165) is 0 Å². The predicted molar refractivity (Wildman–Crippen MR) is 64.1 cm³/mol. The first-order valence-electron chi connectivity index (χ1n) is 5.05. The van der Waals surface area contributed by atoms with Gasteiger partial charge in [-0.1, -0.05) is 13.0 Å². The summed E-state index contributed by atoms with van der Waals surface area (Å²) in [6.45, 7) is 2.28. The van der Waals surface area contributed by atoms with Crippen LogP contribution >= 0.6 is 15.9 Å². The molecule has 0 aliphatic heterocycles. The van der Waals surface area contributed by atoms with Gasteiger partial charge < -0.3 is 4.74 Å². The molecule has 16 heavy (non-hydrogen) atoms. The first kappa shape index (κ1) is 13.3. The van der Waals surface area contributed by atoms with Gasteiger partial charge in [-0.25, -0.2) is 4.39 Å². The Morgan fingerprint density at radius 1 is 1.56 bits per heavy atom. The molecule has 0 aromatic heterocycles. The summed E-state index contributed by atoms with van der Waals surface area (Å²) in [4.78, 5) is 11.9. The predicted octanol–water partition coefficient (Wildman–Crippen LogP) is 3.44. The van der Waals surface area contributed by atoms with Gasteiger partial charge in [0.2, 0.25) is 0 Å². The van der Waals surface area contributed by atoms with Crippen molar-refractivity contribution in [2.24, 2.45) is 5.92 Å². The minimum Gasteiger partial charge on any atom is -0.385 e. The van der Waals surface area contributed by atoms with Crippen molar-refractivity contribution in [3.8, 4) is 0 Å². The van der Waals surface area contributed by atoms with Crippen LogP contribution in [0, 0.1) is 11.7 Å². The van der Waals surface area contributed by atoms with Crippen molar-refractivity contribution in [3.63, 3.8) is 0 Å². The molecule has 4 heteroatoms. The molecule has 1 rings (SSSR count).